The summed E-state index contributed by atoms with van der Waals surface area (Å²) in [7, 11) is 0. The van der Waals surface area contributed by atoms with Crippen molar-refractivity contribution in [1.82, 2.24) is 4.90 Å². The molecule has 1 rings (SSSR count). The van der Waals surface area contributed by atoms with Crippen LogP contribution in [0.1, 0.15) is 47.0 Å². The van der Waals surface area contributed by atoms with Crippen LogP contribution in [0.4, 0.5) is 0 Å². The maximum absolute atomic E-state index is 9.37. The molecule has 0 aromatic carbocycles. The molecule has 0 aliphatic carbocycles. The Morgan fingerprint density at radius 1 is 1.50 bits per heavy atom. The van der Waals surface area contributed by atoms with Gasteiger partial charge in [0.2, 0.25) is 0 Å². The predicted octanol–water partition coefficient (Wildman–Crippen LogP) is 2.27. The molecule has 1 fully saturated rings. The maximum atomic E-state index is 9.37. The molecule has 1 saturated heterocycles. The van der Waals surface area contributed by atoms with Crippen molar-refractivity contribution in [2.45, 2.75) is 58.5 Å². The summed E-state index contributed by atoms with van der Waals surface area (Å²) in [6.45, 7) is 10.6. The zero-order valence-electron chi connectivity index (χ0n) is 10.1. The van der Waals surface area contributed by atoms with E-state index in [-0.39, 0.29) is 5.54 Å². The summed E-state index contributed by atoms with van der Waals surface area (Å²) in [6, 6.07) is 0.638. The van der Waals surface area contributed by atoms with Crippen molar-refractivity contribution in [2.24, 2.45) is 5.92 Å². The Labute approximate surface area is 88.3 Å². The molecule has 0 bridgehead atoms. The van der Waals surface area contributed by atoms with Crippen LogP contribution in [0.25, 0.3) is 0 Å². The first-order valence-corrected chi connectivity index (χ1v) is 5.91. The van der Waals surface area contributed by atoms with Crippen molar-refractivity contribution in [2.75, 3.05) is 13.2 Å². The zero-order valence-corrected chi connectivity index (χ0v) is 10.1. The Balaban J connectivity index is 2.74. The minimum atomic E-state index is 0.169. The van der Waals surface area contributed by atoms with Crippen molar-refractivity contribution in [3.8, 4) is 0 Å². The molecule has 0 aromatic rings. The van der Waals surface area contributed by atoms with Gasteiger partial charge in [0.15, 0.2) is 0 Å². The molecule has 0 radical (unpaired) electrons. The second-order valence-electron chi connectivity index (χ2n) is 5.13. The largest absolute Gasteiger partial charge is 0.396 e. The number of likely N-dealkylation sites (tertiary alicyclic amines) is 1. The normalized spacial score (nSPS) is 30.2. The summed E-state index contributed by atoms with van der Waals surface area (Å²) in [5.74, 6) is 0.449. The molecule has 2 atom stereocenters. The first-order chi connectivity index (χ1) is 6.54. The summed E-state index contributed by atoms with van der Waals surface area (Å²) in [5, 5.41) is 9.37. The average Bonchev–Trinajstić information content (AvgIpc) is 2.16. The minimum Gasteiger partial charge on any atom is -0.396 e. The smallest absolute Gasteiger partial charge is 0.0476 e. The third-order valence-corrected chi connectivity index (χ3v) is 4.03. The number of piperidine rings is 1. The Morgan fingerprint density at radius 2 is 2.14 bits per heavy atom. The van der Waals surface area contributed by atoms with Gasteiger partial charge in [-0.3, -0.25) is 4.90 Å². The fourth-order valence-corrected chi connectivity index (χ4v) is 2.71. The van der Waals surface area contributed by atoms with Crippen LogP contribution in [0.2, 0.25) is 0 Å². The molecule has 1 N–H and O–H groups in total. The first kappa shape index (κ1) is 12.0. The lowest BCUT2D eigenvalue weighted by Crippen LogP contribution is -2.57. The fraction of sp³-hybridized carbons (Fsp3) is 1.00. The molecular formula is C12H25NO. The van der Waals surface area contributed by atoms with Gasteiger partial charge in [-0.05, 0) is 52.5 Å². The van der Waals surface area contributed by atoms with Crippen LogP contribution in [0.5, 0.6) is 0 Å². The van der Waals surface area contributed by atoms with E-state index in [2.05, 4.69) is 32.6 Å². The molecule has 84 valence electrons. The molecule has 2 unspecified atom stereocenters. The highest BCUT2D eigenvalue weighted by Crippen LogP contribution is 2.34. The molecule has 0 spiro atoms. The van der Waals surface area contributed by atoms with E-state index in [9.17, 15) is 5.11 Å². The fourth-order valence-electron chi connectivity index (χ4n) is 2.71. The molecule has 1 aliphatic rings. The van der Waals surface area contributed by atoms with E-state index in [1.54, 1.807) is 0 Å². The molecule has 1 heterocycles. The summed E-state index contributed by atoms with van der Waals surface area (Å²) < 4.78 is 0. The van der Waals surface area contributed by atoms with E-state index in [1.165, 1.54) is 25.8 Å². The van der Waals surface area contributed by atoms with Crippen molar-refractivity contribution in [3.05, 3.63) is 0 Å². The molecule has 2 nitrogen and oxygen atoms in total. The number of rotatable bonds is 3. The topological polar surface area (TPSA) is 23.5 Å². The van der Waals surface area contributed by atoms with Gasteiger partial charge in [-0.25, -0.2) is 0 Å². The van der Waals surface area contributed by atoms with Crippen LogP contribution in [0, 0.1) is 5.92 Å². The Hall–Kier alpha value is -0.0800. The van der Waals surface area contributed by atoms with Crippen molar-refractivity contribution < 1.29 is 5.11 Å². The lowest BCUT2D eigenvalue weighted by molar-refractivity contribution is -0.0287. The second-order valence-corrected chi connectivity index (χ2v) is 5.13. The Bertz CT molecular complexity index is 179. The van der Waals surface area contributed by atoms with Crippen LogP contribution < -0.4 is 0 Å². The third kappa shape index (κ3) is 2.12. The highest BCUT2D eigenvalue weighted by atomic mass is 16.3. The quantitative estimate of drug-likeness (QED) is 0.753. The van der Waals surface area contributed by atoms with Crippen LogP contribution in [-0.4, -0.2) is 34.7 Å². The van der Waals surface area contributed by atoms with Gasteiger partial charge in [-0.1, -0.05) is 6.92 Å². The van der Waals surface area contributed by atoms with Crippen LogP contribution in [0.3, 0.4) is 0 Å². The highest BCUT2D eigenvalue weighted by Gasteiger charge is 2.39. The van der Waals surface area contributed by atoms with Gasteiger partial charge in [-0.15, -0.1) is 0 Å². The van der Waals surface area contributed by atoms with Gasteiger partial charge in [0.25, 0.3) is 0 Å². The molecule has 1 aliphatic heterocycles. The van der Waals surface area contributed by atoms with Gasteiger partial charge in [0.1, 0.15) is 0 Å². The highest BCUT2D eigenvalue weighted by molar-refractivity contribution is 4.94. The Kier molecular flexibility index (Phi) is 3.96. The molecular weight excluding hydrogens is 174 g/mol. The molecule has 0 aromatic heterocycles. The van der Waals surface area contributed by atoms with E-state index >= 15 is 0 Å². The maximum Gasteiger partial charge on any atom is 0.0476 e. The second kappa shape index (κ2) is 4.63. The number of hydrogen-bond acceptors (Lipinski definition) is 2. The zero-order chi connectivity index (χ0) is 10.8. The SMILES string of the molecule is CCC(C)N1CCCC(CO)C1(C)C. The monoisotopic (exact) mass is 199 g/mol. The van der Waals surface area contributed by atoms with Crippen molar-refractivity contribution >= 4 is 0 Å². The van der Waals surface area contributed by atoms with E-state index in [0.717, 1.165) is 0 Å². The summed E-state index contributed by atoms with van der Waals surface area (Å²) in [5.41, 5.74) is 0.169. The van der Waals surface area contributed by atoms with Gasteiger partial charge in [0.05, 0.1) is 0 Å². The minimum absolute atomic E-state index is 0.169. The summed E-state index contributed by atoms with van der Waals surface area (Å²) in [4.78, 5) is 2.57. The molecule has 2 heteroatoms. The molecule has 0 saturated carbocycles. The lowest BCUT2D eigenvalue weighted by Gasteiger charge is -2.50. The van der Waals surface area contributed by atoms with E-state index in [4.69, 9.17) is 0 Å². The predicted molar refractivity (Wildman–Crippen MR) is 60.3 cm³/mol. The number of nitrogens with zero attached hydrogens (tertiary/aromatic N) is 1. The average molecular weight is 199 g/mol. The van der Waals surface area contributed by atoms with Gasteiger partial charge in [0, 0.05) is 18.2 Å². The number of aliphatic hydroxyl groups is 1. The van der Waals surface area contributed by atoms with Gasteiger partial charge in [-0.2, -0.15) is 0 Å². The van der Waals surface area contributed by atoms with Crippen LogP contribution in [0.15, 0.2) is 0 Å². The number of hydrogen-bond donors (Lipinski definition) is 1. The van der Waals surface area contributed by atoms with Crippen LogP contribution >= 0.6 is 0 Å². The third-order valence-electron chi connectivity index (χ3n) is 4.03. The van der Waals surface area contributed by atoms with Gasteiger partial charge >= 0.3 is 0 Å². The summed E-state index contributed by atoms with van der Waals surface area (Å²) >= 11 is 0. The van der Waals surface area contributed by atoms with Crippen LogP contribution in [-0.2, 0) is 0 Å². The molecule has 0 amide bonds. The summed E-state index contributed by atoms with van der Waals surface area (Å²) in [6.07, 6.45) is 3.61. The number of aliphatic hydroxyl groups excluding tert-OH is 1. The van der Waals surface area contributed by atoms with Crippen molar-refractivity contribution in [3.63, 3.8) is 0 Å². The Morgan fingerprint density at radius 3 is 2.64 bits per heavy atom. The van der Waals surface area contributed by atoms with E-state index in [0.29, 0.717) is 18.6 Å². The van der Waals surface area contributed by atoms with E-state index < -0.39 is 0 Å². The van der Waals surface area contributed by atoms with E-state index in [1.807, 2.05) is 0 Å². The molecule has 14 heavy (non-hydrogen) atoms. The van der Waals surface area contributed by atoms with Crippen molar-refractivity contribution in [1.29, 1.82) is 0 Å². The lowest BCUT2D eigenvalue weighted by atomic mass is 9.78. The van der Waals surface area contributed by atoms with Gasteiger partial charge < -0.3 is 5.11 Å². The first-order valence-electron chi connectivity index (χ1n) is 5.91. The standard InChI is InChI=1S/C12H25NO/c1-5-10(2)13-8-6-7-11(9-14)12(13,3)4/h10-11,14H,5-9H2,1-4H3.